The number of methoxy groups -OCH3 is 3. The van der Waals surface area contributed by atoms with Crippen molar-refractivity contribution < 1.29 is 135 Å². The van der Waals surface area contributed by atoms with Gasteiger partial charge >= 0.3 is 12.2 Å². The minimum Gasteiger partial charge on any atom is -0.497 e. The fourth-order valence-electron chi connectivity index (χ4n) is 19.7. The van der Waals surface area contributed by atoms with Crippen LogP contribution in [0.25, 0.3) is 32.3 Å². The zero-order valence-corrected chi connectivity index (χ0v) is 87.4. The number of allylic oxidation sites excluding steroid dienone is 3. The summed E-state index contributed by atoms with van der Waals surface area (Å²) in [4.78, 5) is 227. The van der Waals surface area contributed by atoms with Crippen molar-refractivity contribution in [1.82, 2.24) is 64.6 Å². The van der Waals surface area contributed by atoms with E-state index in [1.165, 1.54) is 26.9 Å². The molecule has 149 heavy (non-hydrogen) atoms. The maximum absolute atomic E-state index is 14.5. The molecule has 12 amide bonds. The molecule has 8 heterocycles. The van der Waals surface area contributed by atoms with E-state index in [-0.39, 0.29) is 120 Å². The summed E-state index contributed by atoms with van der Waals surface area (Å²) in [5, 5.41) is 8.27. The number of pyridine rings is 3. The second kappa shape index (κ2) is 42.4. The Balaban J connectivity index is 0.000000168. The van der Waals surface area contributed by atoms with E-state index in [2.05, 4.69) is 59.5 Å². The van der Waals surface area contributed by atoms with Crippen LogP contribution in [0.2, 0.25) is 0 Å². The summed E-state index contributed by atoms with van der Waals surface area (Å²) in [7, 11) is -6.92. The minimum atomic E-state index is -3.90. The first-order valence-corrected chi connectivity index (χ1v) is 54.1. The van der Waals surface area contributed by atoms with Crippen LogP contribution in [-0.4, -0.2) is 265 Å². The standard InChI is InChI=1S/2C36H43N5O11S.C31H40N4O7S/c2*1-6-21-17-36(21,33(46)39-53(48,49)24-8-9-24)18-27(42)26-16-23(51-31-25-10-7-22(50-5)15-20(25)13-14-37-31)19-40(26)32(45)30(35(2,3)4)38-34(47)52-41-28(43)11-12-29(41)44;1-6-19-15-31(19,29(38)34-43(39,40)22-8-9-22)16-25(36)24-14-21(17-35(24)28(37)26(32)30(2,3)4)42-27-23-10-7-20(41-5)13-18(23)11-12-33-27/h2*6-7,10,13-15,21,23-24,26,30H,1,8-9,11-12,16-19H2,2-5H3,(H,38,47)(H,39,46);6-7,10-13,19,21-22,24,26H,1,8-9,14-17,32H2,2-5H3,(H,34,38)/t2*21-,23-,26+,30-,36-;19-,21-,24+,26-,31-/m111/s1. The van der Waals surface area contributed by atoms with Gasteiger partial charge < -0.3 is 69.2 Å². The van der Waals surface area contributed by atoms with Gasteiger partial charge in [-0.25, -0.2) is 49.8 Å². The van der Waals surface area contributed by atoms with E-state index in [1.54, 1.807) is 130 Å². The second-order valence-corrected chi connectivity index (χ2v) is 49.2. The molecule has 0 unspecified atom stereocenters. The van der Waals surface area contributed by atoms with Crippen molar-refractivity contribution >= 4 is 151 Å². The Morgan fingerprint density at radius 3 is 0.919 bits per heavy atom. The zero-order valence-electron chi connectivity index (χ0n) is 84.9. The third-order valence-electron chi connectivity index (χ3n) is 29.4. The SMILES string of the molecule is C=C[C@@H]1C[C@]1(CC(=O)[C@@H]1C[C@@H](Oc2nccc3cc(OC)ccc23)CN1C(=O)[C@@H](N)C(C)(C)C)C(=O)NS(=O)(=O)C1CC1.C=C[C@@H]1C[C@]1(CC(=O)[C@@H]1C[C@@H](Oc2nccc3cc(OC)ccc23)CN1C(=O)[C@@H](NC(=O)ON1C(=O)CCC1=O)C(C)(C)C)C(=O)NS(=O)(=O)C1CC1.C=C[C@@H]1C[C@]1(CC(=O)[C@@H]1C[C@@H](Oc2nccc3cc(OC)ccc23)CN1C(=O)[C@@H](NC(=O)ON1C(=O)CCC1=O)C(C)(C)C)C(=O)NS(=O)(=O)C1CC1. The number of Topliss-reactive ketones (excluding diaryl/α,β-unsaturated/α-hetero) is 3. The molecule has 6 saturated carbocycles. The molecule has 6 aromatic rings. The number of nitrogens with one attached hydrogen (secondary N) is 5. The number of nitrogens with zero attached hydrogens (tertiary/aromatic N) is 8. The highest BCUT2D eigenvalue weighted by Gasteiger charge is 2.66. The Bertz CT molecular complexity index is 6500. The summed E-state index contributed by atoms with van der Waals surface area (Å²) in [6, 6.07) is 14.8. The molecule has 3 aromatic heterocycles. The maximum Gasteiger partial charge on any atom is 0.432 e. The number of ether oxygens (including phenoxy) is 6. The van der Waals surface area contributed by atoms with Gasteiger partial charge in [0.05, 0.1) is 97.1 Å². The van der Waals surface area contributed by atoms with Gasteiger partial charge in [0.15, 0.2) is 17.3 Å². The summed E-state index contributed by atoms with van der Waals surface area (Å²) in [6.07, 6.45) is 6.99. The molecule has 7 N–H and O–H groups in total. The molecule has 0 bridgehead atoms. The van der Waals surface area contributed by atoms with Crippen LogP contribution in [-0.2, 0) is 102 Å². The number of hydroxylamine groups is 4. The lowest BCUT2D eigenvalue weighted by atomic mass is 9.85. The summed E-state index contributed by atoms with van der Waals surface area (Å²) >= 11 is 0. The molecule has 5 aliphatic heterocycles. The van der Waals surface area contributed by atoms with Gasteiger partial charge in [0.25, 0.3) is 23.6 Å². The predicted molar refractivity (Wildman–Crippen MR) is 535 cm³/mol. The van der Waals surface area contributed by atoms with E-state index in [0.717, 1.165) is 21.5 Å². The van der Waals surface area contributed by atoms with E-state index in [4.69, 9.17) is 43.8 Å². The van der Waals surface area contributed by atoms with Crippen LogP contribution in [0, 0.1) is 50.2 Å². The Morgan fingerprint density at radius 1 is 0.416 bits per heavy atom. The lowest BCUT2D eigenvalue weighted by molar-refractivity contribution is -0.172. The Morgan fingerprint density at radius 2 is 0.685 bits per heavy atom. The van der Waals surface area contributed by atoms with Crippen molar-refractivity contribution in [3.05, 3.63) is 129 Å². The third-order valence-corrected chi connectivity index (χ3v) is 34.8. The van der Waals surface area contributed by atoms with E-state index >= 15 is 0 Å². The van der Waals surface area contributed by atoms with Gasteiger partial charge in [-0.2, -0.15) is 0 Å². The number of benzene rings is 3. The van der Waals surface area contributed by atoms with Crippen molar-refractivity contribution in [2.75, 3.05) is 41.0 Å². The first kappa shape index (κ1) is 110. The number of amides is 12. The number of carbonyl (C=O) groups is 15. The van der Waals surface area contributed by atoms with E-state index in [0.29, 0.717) is 89.0 Å². The number of carbonyl (C=O) groups excluding carboxylic acids is 15. The number of hydrogen-bond acceptors (Lipinski definition) is 33. The van der Waals surface area contributed by atoms with Gasteiger partial charge in [0.1, 0.15) is 47.6 Å². The molecular formula is C103H126N14O29S3. The molecule has 17 rings (SSSR count). The Hall–Kier alpha value is -13.6. The number of sulfonamides is 3. The minimum absolute atomic E-state index is 0.00624. The molecule has 0 radical (unpaired) electrons. The van der Waals surface area contributed by atoms with E-state index in [1.807, 2.05) is 51.1 Å². The fourth-order valence-corrected chi connectivity index (χ4v) is 23.8. The normalized spacial score (nSPS) is 25.2. The molecule has 15 atom stereocenters. The smallest absolute Gasteiger partial charge is 0.432 e. The van der Waals surface area contributed by atoms with Crippen LogP contribution in [0.1, 0.15) is 184 Å². The molecule has 46 heteroatoms. The number of aromatic nitrogens is 3. The number of rotatable bonds is 37. The molecule has 6 aliphatic carbocycles. The number of fused-ring (bicyclic) bond motifs is 3. The molecule has 5 saturated heterocycles. The highest BCUT2D eigenvalue weighted by Crippen LogP contribution is 2.60. The molecule has 0 spiro atoms. The lowest BCUT2D eigenvalue weighted by Crippen LogP contribution is -2.57. The first-order valence-electron chi connectivity index (χ1n) is 49.4. The maximum atomic E-state index is 14.5. The average molecular weight is 2120 g/mol. The summed E-state index contributed by atoms with van der Waals surface area (Å²) in [5.41, 5.74) is -0.116. The zero-order chi connectivity index (χ0) is 108. The average Bonchev–Trinajstić information content (AvgIpc) is 1.58. The monoisotopic (exact) mass is 2120 g/mol. The Labute approximate surface area is 861 Å². The van der Waals surface area contributed by atoms with Crippen LogP contribution < -0.4 is 59.0 Å². The molecular weight excluding hydrogens is 1990 g/mol. The van der Waals surface area contributed by atoms with Crippen molar-refractivity contribution in [3.63, 3.8) is 0 Å². The van der Waals surface area contributed by atoms with Crippen molar-refractivity contribution in [2.45, 2.75) is 255 Å². The van der Waals surface area contributed by atoms with Crippen LogP contribution >= 0.6 is 0 Å². The van der Waals surface area contributed by atoms with Gasteiger partial charge in [-0.1, -0.05) is 80.5 Å². The Kier molecular flexibility index (Phi) is 31.2. The van der Waals surface area contributed by atoms with E-state index in [9.17, 15) is 97.2 Å². The first-order chi connectivity index (χ1) is 70.1. The molecule has 11 aliphatic rings. The van der Waals surface area contributed by atoms with Crippen molar-refractivity contribution in [1.29, 1.82) is 0 Å². The molecule has 3 aromatic carbocycles. The van der Waals surface area contributed by atoms with Gasteiger partial charge in [-0.15, -0.1) is 29.9 Å². The fraction of sp³-hybridized carbons (Fsp3) is 0.534. The van der Waals surface area contributed by atoms with Crippen molar-refractivity contribution in [2.24, 2.45) is 56.0 Å². The summed E-state index contributed by atoms with van der Waals surface area (Å²) in [6.45, 7) is 26.8. The van der Waals surface area contributed by atoms with Crippen LogP contribution in [0.15, 0.2) is 129 Å². The number of likely N-dealkylation sites (tertiary alicyclic amines) is 3. The molecule has 11 fully saturated rings. The van der Waals surface area contributed by atoms with E-state index < -0.39 is 228 Å². The van der Waals surface area contributed by atoms with Crippen molar-refractivity contribution in [3.8, 4) is 34.9 Å². The van der Waals surface area contributed by atoms with Crippen LogP contribution in [0.3, 0.4) is 0 Å². The summed E-state index contributed by atoms with van der Waals surface area (Å²) in [5.74, 6) is -6.67. The third kappa shape index (κ3) is 24.0. The highest BCUT2D eigenvalue weighted by molar-refractivity contribution is 7.91. The molecule has 800 valence electrons. The predicted octanol–water partition coefficient (Wildman–Crippen LogP) is 7.84. The largest absolute Gasteiger partial charge is 0.497 e. The second-order valence-electron chi connectivity index (χ2n) is 43.3. The van der Waals surface area contributed by atoms with Gasteiger partial charge in [-0.3, -0.25) is 76.5 Å². The van der Waals surface area contributed by atoms with Gasteiger partial charge in [0, 0.05) is 99.0 Å². The number of imide groups is 2. The molecule has 43 nitrogen and oxygen atoms in total. The summed E-state index contributed by atoms with van der Waals surface area (Å²) < 4.78 is 117. The topological polar surface area (TPSA) is 573 Å². The van der Waals surface area contributed by atoms with Gasteiger partial charge in [-0.05, 0) is 181 Å². The number of hydrogen-bond donors (Lipinski definition) is 6. The lowest BCUT2D eigenvalue weighted by Gasteiger charge is -2.35. The van der Waals surface area contributed by atoms with Gasteiger partial charge in [0.2, 0.25) is 83.2 Å². The van der Waals surface area contributed by atoms with Crippen LogP contribution in [0.5, 0.6) is 34.9 Å². The number of nitrogens with two attached hydrogens (primary N) is 1. The highest BCUT2D eigenvalue weighted by atomic mass is 32.2. The quantitative estimate of drug-likeness (QED) is 0.0160. The van der Waals surface area contributed by atoms with Crippen LogP contribution in [0.4, 0.5) is 9.59 Å². The number of ketones is 3.